The lowest BCUT2D eigenvalue weighted by molar-refractivity contribution is -0.124. The normalized spacial score (nSPS) is 20.9. The molecular formula is C21H30N4O2. The quantitative estimate of drug-likeness (QED) is 0.750. The van der Waals surface area contributed by atoms with Crippen LogP contribution in [0, 0.1) is 0 Å². The average molecular weight is 370 g/mol. The van der Waals surface area contributed by atoms with E-state index in [9.17, 15) is 4.79 Å². The number of nitrogens with zero attached hydrogens (tertiary/aromatic N) is 2. The molecule has 1 fully saturated rings. The molecule has 2 aromatic rings. The Bertz CT molecular complexity index is 741. The number of amides is 1. The summed E-state index contributed by atoms with van der Waals surface area (Å²) in [5.74, 6) is 1.01. The first-order chi connectivity index (χ1) is 13.1. The molecule has 0 unspecified atom stereocenters. The van der Waals surface area contributed by atoms with Crippen molar-refractivity contribution < 1.29 is 9.53 Å². The van der Waals surface area contributed by atoms with Gasteiger partial charge < -0.3 is 15.4 Å². The Kier molecular flexibility index (Phi) is 6.50. The van der Waals surface area contributed by atoms with E-state index in [2.05, 4.69) is 41.7 Å². The highest BCUT2D eigenvalue weighted by Gasteiger charge is 2.31. The predicted octanol–water partition coefficient (Wildman–Crippen LogP) is 2.84. The first kappa shape index (κ1) is 19.4. The second-order valence-corrected chi connectivity index (χ2v) is 7.27. The number of rotatable bonds is 8. The highest BCUT2D eigenvalue weighted by molar-refractivity contribution is 5.77. The van der Waals surface area contributed by atoms with Gasteiger partial charge in [-0.1, -0.05) is 12.1 Å². The van der Waals surface area contributed by atoms with Crippen molar-refractivity contribution >= 4 is 5.91 Å². The Hall–Kier alpha value is -2.34. The number of hydrogen-bond acceptors (Lipinski definition) is 4. The smallest absolute Gasteiger partial charge is 0.220 e. The molecule has 0 saturated carbocycles. The lowest BCUT2D eigenvalue weighted by atomic mass is 9.92. The van der Waals surface area contributed by atoms with Crippen LogP contribution in [0.3, 0.4) is 0 Å². The zero-order chi connectivity index (χ0) is 19.2. The maximum atomic E-state index is 11.9. The molecule has 0 spiro atoms. The molecule has 6 nitrogen and oxygen atoms in total. The van der Waals surface area contributed by atoms with Gasteiger partial charge in [0.25, 0.3) is 0 Å². The molecule has 0 bridgehead atoms. The number of nitrogens with one attached hydrogen (secondary N) is 2. The SMILES string of the molecule is CCn1cc([C@@H]2NC(=O)CC[C@H]2N[C@H](C)CCc2ccc(OC)cc2)cn1. The van der Waals surface area contributed by atoms with Crippen LogP contribution in [0.15, 0.2) is 36.7 Å². The Labute approximate surface area is 161 Å². The van der Waals surface area contributed by atoms with Gasteiger partial charge in [0.2, 0.25) is 5.91 Å². The number of aromatic nitrogens is 2. The van der Waals surface area contributed by atoms with E-state index in [1.165, 1.54) is 5.56 Å². The molecule has 1 amide bonds. The van der Waals surface area contributed by atoms with Gasteiger partial charge in [-0.15, -0.1) is 0 Å². The molecule has 3 rings (SSSR count). The van der Waals surface area contributed by atoms with E-state index >= 15 is 0 Å². The minimum atomic E-state index is -0.0185. The van der Waals surface area contributed by atoms with Crippen molar-refractivity contribution in [2.45, 2.75) is 64.2 Å². The van der Waals surface area contributed by atoms with E-state index in [-0.39, 0.29) is 18.0 Å². The first-order valence-electron chi connectivity index (χ1n) is 9.79. The van der Waals surface area contributed by atoms with E-state index in [0.29, 0.717) is 12.5 Å². The summed E-state index contributed by atoms with van der Waals surface area (Å²) in [4.78, 5) is 11.9. The third-order valence-corrected chi connectivity index (χ3v) is 5.26. The van der Waals surface area contributed by atoms with E-state index in [4.69, 9.17) is 4.74 Å². The van der Waals surface area contributed by atoms with E-state index in [1.807, 2.05) is 29.2 Å². The van der Waals surface area contributed by atoms with Gasteiger partial charge in [0.05, 0.1) is 19.3 Å². The molecule has 1 aromatic heterocycles. The molecule has 27 heavy (non-hydrogen) atoms. The molecule has 2 heterocycles. The lowest BCUT2D eigenvalue weighted by Gasteiger charge is -2.34. The van der Waals surface area contributed by atoms with Crippen LogP contribution >= 0.6 is 0 Å². The van der Waals surface area contributed by atoms with Crippen LogP contribution in [0.25, 0.3) is 0 Å². The van der Waals surface area contributed by atoms with Gasteiger partial charge in [0, 0.05) is 36.8 Å². The van der Waals surface area contributed by atoms with Crippen LogP contribution < -0.4 is 15.4 Å². The second-order valence-electron chi connectivity index (χ2n) is 7.27. The fourth-order valence-electron chi connectivity index (χ4n) is 3.63. The minimum absolute atomic E-state index is 0.0185. The Morgan fingerprint density at radius 2 is 2.15 bits per heavy atom. The summed E-state index contributed by atoms with van der Waals surface area (Å²) >= 11 is 0. The van der Waals surface area contributed by atoms with E-state index in [1.54, 1.807) is 7.11 Å². The number of benzene rings is 1. The molecule has 0 aliphatic carbocycles. The molecule has 1 aliphatic heterocycles. The predicted molar refractivity (Wildman–Crippen MR) is 106 cm³/mol. The topological polar surface area (TPSA) is 68.2 Å². The van der Waals surface area contributed by atoms with Gasteiger partial charge in [-0.05, 0) is 50.8 Å². The second kappa shape index (κ2) is 9.04. The van der Waals surface area contributed by atoms with Crippen molar-refractivity contribution in [2.75, 3.05) is 7.11 Å². The molecule has 146 valence electrons. The van der Waals surface area contributed by atoms with Gasteiger partial charge in [0.1, 0.15) is 5.75 Å². The number of ether oxygens (including phenoxy) is 1. The molecular weight excluding hydrogens is 340 g/mol. The number of carbonyl (C=O) groups is 1. The maximum Gasteiger partial charge on any atom is 0.220 e. The van der Waals surface area contributed by atoms with E-state index in [0.717, 1.165) is 37.1 Å². The van der Waals surface area contributed by atoms with Crippen LogP contribution in [0.2, 0.25) is 0 Å². The summed E-state index contributed by atoms with van der Waals surface area (Å²) in [6.45, 7) is 5.11. The zero-order valence-corrected chi connectivity index (χ0v) is 16.4. The molecule has 1 aromatic carbocycles. The molecule has 1 aliphatic rings. The van der Waals surface area contributed by atoms with Gasteiger partial charge in [-0.25, -0.2) is 0 Å². The van der Waals surface area contributed by atoms with Crippen LogP contribution in [0.1, 0.15) is 50.3 Å². The van der Waals surface area contributed by atoms with Crippen LogP contribution in [0.5, 0.6) is 5.75 Å². The molecule has 3 atom stereocenters. The lowest BCUT2D eigenvalue weighted by Crippen LogP contribution is -2.50. The fourth-order valence-corrected chi connectivity index (χ4v) is 3.63. The highest BCUT2D eigenvalue weighted by Crippen LogP contribution is 2.25. The summed E-state index contributed by atoms with van der Waals surface area (Å²) in [5.41, 5.74) is 2.38. The van der Waals surface area contributed by atoms with Crippen molar-refractivity contribution in [2.24, 2.45) is 0 Å². The summed E-state index contributed by atoms with van der Waals surface area (Å²) in [5, 5.41) is 11.2. The molecule has 0 radical (unpaired) electrons. The van der Waals surface area contributed by atoms with Gasteiger partial charge in [-0.2, -0.15) is 5.10 Å². The fraction of sp³-hybridized carbons (Fsp3) is 0.524. The summed E-state index contributed by atoms with van der Waals surface area (Å²) in [7, 11) is 1.69. The van der Waals surface area contributed by atoms with Crippen LogP contribution in [-0.4, -0.2) is 34.9 Å². The number of hydrogen-bond donors (Lipinski definition) is 2. The Balaban J connectivity index is 1.58. The van der Waals surface area contributed by atoms with Crippen molar-refractivity contribution in [1.29, 1.82) is 0 Å². The largest absolute Gasteiger partial charge is 0.497 e. The summed E-state index contributed by atoms with van der Waals surface area (Å²) < 4.78 is 7.12. The van der Waals surface area contributed by atoms with Crippen LogP contribution in [-0.2, 0) is 17.8 Å². The van der Waals surface area contributed by atoms with Crippen molar-refractivity contribution in [1.82, 2.24) is 20.4 Å². The molecule has 2 N–H and O–H groups in total. The molecule has 1 saturated heterocycles. The Morgan fingerprint density at radius 1 is 1.37 bits per heavy atom. The maximum absolute atomic E-state index is 11.9. The third-order valence-electron chi connectivity index (χ3n) is 5.26. The number of carbonyl (C=O) groups excluding carboxylic acids is 1. The van der Waals surface area contributed by atoms with Gasteiger partial charge in [-0.3, -0.25) is 9.48 Å². The first-order valence-corrected chi connectivity index (χ1v) is 9.79. The van der Waals surface area contributed by atoms with E-state index < -0.39 is 0 Å². The van der Waals surface area contributed by atoms with Crippen molar-refractivity contribution in [3.05, 3.63) is 47.8 Å². The van der Waals surface area contributed by atoms with Crippen molar-refractivity contribution in [3.63, 3.8) is 0 Å². The zero-order valence-electron chi connectivity index (χ0n) is 16.4. The standard InChI is InChI=1S/C21H30N4O2/c1-4-25-14-17(13-22-25)21-19(11-12-20(26)24-21)23-15(2)5-6-16-7-9-18(27-3)10-8-16/h7-10,13-15,19,21,23H,4-6,11-12H2,1-3H3,(H,24,26)/t15-,19-,21+/m1/s1. The highest BCUT2D eigenvalue weighted by atomic mass is 16.5. The van der Waals surface area contributed by atoms with Crippen molar-refractivity contribution in [3.8, 4) is 5.75 Å². The van der Waals surface area contributed by atoms with Gasteiger partial charge in [0.15, 0.2) is 0 Å². The third kappa shape index (κ3) is 5.10. The average Bonchev–Trinajstić information content (AvgIpc) is 3.17. The molecule has 6 heteroatoms. The number of piperidine rings is 1. The Morgan fingerprint density at radius 3 is 2.81 bits per heavy atom. The van der Waals surface area contributed by atoms with Crippen LogP contribution in [0.4, 0.5) is 0 Å². The summed E-state index contributed by atoms with van der Waals surface area (Å²) in [6.07, 6.45) is 7.37. The monoisotopic (exact) mass is 370 g/mol. The number of aryl methyl sites for hydroxylation is 2. The number of methoxy groups -OCH3 is 1. The minimum Gasteiger partial charge on any atom is -0.497 e. The summed E-state index contributed by atoms with van der Waals surface area (Å²) in [6, 6.07) is 8.81. The van der Waals surface area contributed by atoms with Gasteiger partial charge >= 0.3 is 0 Å².